The molecule has 1 aromatic heterocycles. The van der Waals surface area contributed by atoms with Crippen LogP contribution in [0.25, 0.3) is 0 Å². The summed E-state index contributed by atoms with van der Waals surface area (Å²) in [5.41, 5.74) is 2.34. The lowest BCUT2D eigenvalue weighted by Crippen LogP contribution is -2.55. The molecule has 2 heterocycles. The van der Waals surface area contributed by atoms with Crippen LogP contribution in [0.3, 0.4) is 0 Å². The Morgan fingerprint density at radius 2 is 2.14 bits per heavy atom. The van der Waals surface area contributed by atoms with Gasteiger partial charge in [0, 0.05) is 31.2 Å². The first kappa shape index (κ1) is 14.3. The lowest BCUT2D eigenvalue weighted by molar-refractivity contribution is 0.120. The second kappa shape index (κ2) is 6.41. The van der Waals surface area contributed by atoms with Crippen LogP contribution in [-0.2, 0) is 13.0 Å². The van der Waals surface area contributed by atoms with Gasteiger partial charge < -0.3 is 9.84 Å². The van der Waals surface area contributed by atoms with Crippen molar-refractivity contribution in [3.8, 4) is 0 Å². The second-order valence-corrected chi connectivity index (χ2v) is 6.01. The van der Waals surface area contributed by atoms with Crippen LogP contribution in [0.1, 0.15) is 23.9 Å². The zero-order valence-corrected chi connectivity index (χ0v) is 12.7. The first-order valence-electron chi connectivity index (χ1n) is 7.64. The normalized spacial score (nSPS) is 23.3. The Bertz CT molecular complexity index is 566. The minimum atomic E-state index is 0.493. The van der Waals surface area contributed by atoms with Crippen LogP contribution >= 0.6 is 0 Å². The molecule has 0 amide bonds. The topological polar surface area (TPSA) is 41.3 Å². The van der Waals surface area contributed by atoms with Gasteiger partial charge in [0.05, 0.1) is 12.2 Å². The van der Waals surface area contributed by atoms with Gasteiger partial charge in [-0.3, -0.25) is 4.90 Å². The summed E-state index contributed by atoms with van der Waals surface area (Å²) in [4.78, 5) is 2.48. The quantitative estimate of drug-likeness (QED) is 0.936. The van der Waals surface area contributed by atoms with Crippen LogP contribution < -0.4 is 5.32 Å². The van der Waals surface area contributed by atoms with Crippen molar-refractivity contribution in [3.05, 3.63) is 53.4 Å². The molecule has 0 saturated carbocycles. The van der Waals surface area contributed by atoms with Crippen molar-refractivity contribution in [1.82, 2.24) is 15.4 Å². The van der Waals surface area contributed by atoms with Crippen LogP contribution in [0.5, 0.6) is 0 Å². The second-order valence-electron chi connectivity index (χ2n) is 6.01. The first-order chi connectivity index (χ1) is 10.2. The predicted octanol–water partition coefficient (Wildman–Crippen LogP) is 2.39. The maximum absolute atomic E-state index is 5.36. The van der Waals surface area contributed by atoms with Gasteiger partial charge in [-0.25, -0.2) is 0 Å². The molecule has 0 aliphatic carbocycles. The predicted molar refractivity (Wildman–Crippen MR) is 83.0 cm³/mol. The van der Waals surface area contributed by atoms with E-state index in [4.69, 9.17) is 4.52 Å². The van der Waals surface area contributed by atoms with Gasteiger partial charge in [-0.2, -0.15) is 0 Å². The standard InChI is InChI=1S/C17H23N3O/c1-13-8-17(21-19-13)12-20-11-16(18-10-14(20)2)9-15-6-4-3-5-7-15/h3-8,14,16,18H,9-12H2,1-2H3. The van der Waals surface area contributed by atoms with Gasteiger partial charge in [0.2, 0.25) is 0 Å². The molecule has 1 aromatic carbocycles. The summed E-state index contributed by atoms with van der Waals surface area (Å²) >= 11 is 0. The van der Waals surface area contributed by atoms with Crippen LogP contribution in [0.15, 0.2) is 40.9 Å². The summed E-state index contributed by atoms with van der Waals surface area (Å²) in [6, 6.07) is 13.7. The highest BCUT2D eigenvalue weighted by atomic mass is 16.5. The molecule has 4 heteroatoms. The van der Waals surface area contributed by atoms with Crippen molar-refractivity contribution >= 4 is 0 Å². The monoisotopic (exact) mass is 285 g/mol. The molecule has 112 valence electrons. The number of aryl methyl sites for hydroxylation is 1. The highest BCUT2D eigenvalue weighted by molar-refractivity contribution is 5.16. The average Bonchev–Trinajstić information content (AvgIpc) is 2.89. The minimum absolute atomic E-state index is 0.493. The number of hydrogen-bond donors (Lipinski definition) is 1. The maximum atomic E-state index is 5.36. The Kier molecular flexibility index (Phi) is 4.36. The van der Waals surface area contributed by atoms with Crippen molar-refractivity contribution < 1.29 is 4.52 Å². The van der Waals surface area contributed by atoms with E-state index in [0.717, 1.165) is 37.5 Å². The van der Waals surface area contributed by atoms with Gasteiger partial charge in [0.25, 0.3) is 0 Å². The van der Waals surface area contributed by atoms with Crippen LogP contribution in [0.2, 0.25) is 0 Å². The SMILES string of the molecule is Cc1cc(CN2CC(Cc3ccccc3)NCC2C)on1. The lowest BCUT2D eigenvalue weighted by Gasteiger charge is -2.38. The molecule has 1 aliphatic rings. The largest absolute Gasteiger partial charge is 0.360 e. The maximum Gasteiger partial charge on any atom is 0.150 e. The van der Waals surface area contributed by atoms with Gasteiger partial charge in [-0.05, 0) is 25.8 Å². The number of rotatable bonds is 4. The van der Waals surface area contributed by atoms with E-state index in [1.54, 1.807) is 0 Å². The first-order valence-corrected chi connectivity index (χ1v) is 7.64. The molecular formula is C17H23N3O. The van der Waals surface area contributed by atoms with Gasteiger partial charge in [0.1, 0.15) is 0 Å². The van der Waals surface area contributed by atoms with Crippen molar-refractivity contribution in [2.24, 2.45) is 0 Å². The van der Waals surface area contributed by atoms with E-state index in [9.17, 15) is 0 Å². The minimum Gasteiger partial charge on any atom is -0.360 e. The molecule has 0 bridgehead atoms. The number of piperazine rings is 1. The van der Waals surface area contributed by atoms with Crippen molar-refractivity contribution in [2.45, 2.75) is 38.9 Å². The van der Waals surface area contributed by atoms with Crippen LogP contribution in [-0.4, -0.2) is 35.2 Å². The van der Waals surface area contributed by atoms with E-state index in [1.807, 2.05) is 13.0 Å². The number of nitrogens with zero attached hydrogens (tertiary/aromatic N) is 2. The van der Waals surface area contributed by atoms with E-state index < -0.39 is 0 Å². The molecule has 1 N–H and O–H groups in total. The van der Waals surface area contributed by atoms with Crippen LogP contribution in [0.4, 0.5) is 0 Å². The van der Waals surface area contributed by atoms with E-state index in [0.29, 0.717) is 12.1 Å². The van der Waals surface area contributed by atoms with Crippen LogP contribution in [0, 0.1) is 6.92 Å². The van der Waals surface area contributed by atoms with Gasteiger partial charge in [-0.1, -0.05) is 35.5 Å². The fourth-order valence-electron chi connectivity index (χ4n) is 2.94. The molecule has 0 spiro atoms. The molecule has 21 heavy (non-hydrogen) atoms. The molecule has 4 nitrogen and oxygen atoms in total. The third kappa shape index (κ3) is 3.71. The molecular weight excluding hydrogens is 262 g/mol. The van der Waals surface area contributed by atoms with E-state index in [-0.39, 0.29) is 0 Å². The molecule has 0 radical (unpaired) electrons. The van der Waals surface area contributed by atoms with Gasteiger partial charge in [-0.15, -0.1) is 0 Å². The van der Waals surface area contributed by atoms with Gasteiger partial charge in [0.15, 0.2) is 5.76 Å². The summed E-state index contributed by atoms with van der Waals surface area (Å²) in [6.07, 6.45) is 1.07. The fourth-order valence-corrected chi connectivity index (χ4v) is 2.94. The number of aromatic nitrogens is 1. The molecule has 2 aromatic rings. The summed E-state index contributed by atoms with van der Waals surface area (Å²) in [6.45, 7) is 7.12. The Morgan fingerprint density at radius 1 is 1.33 bits per heavy atom. The molecule has 3 rings (SSSR count). The summed E-state index contributed by atoms with van der Waals surface area (Å²) in [7, 11) is 0. The van der Waals surface area contributed by atoms with Crippen molar-refractivity contribution in [1.29, 1.82) is 0 Å². The Balaban J connectivity index is 1.61. The fraction of sp³-hybridized carbons (Fsp3) is 0.471. The third-order valence-corrected chi connectivity index (χ3v) is 4.14. The number of benzene rings is 1. The van der Waals surface area contributed by atoms with E-state index in [1.165, 1.54) is 5.56 Å². The highest BCUT2D eigenvalue weighted by Gasteiger charge is 2.25. The van der Waals surface area contributed by atoms with Crippen molar-refractivity contribution in [3.63, 3.8) is 0 Å². The van der Waals surface area contributed by atoms with E-state index in [2.05, 4.69) is 52.6 Å². The molecule has 1 fully saturated rings. The summed E-state index contributed by atoms with van der Waals surface area (Å²) in [5, 5.41) is 7.63. The zero-order chi connectivity index (χ0) is 14.7. The summed E-state index contributed by atoms with van der Waals surface area (Å²) in [5.74, 6) is 0.958. The Hall–Kier alpha value is -1.65. The molecule has 1 aliphatic heterocycles. The molecule has 1 saturated heterocycles. The molecule has 2 atom stereocenters. The third-order valence-electron chi connectivity index (χ3n) is 4.14. The molecule has 2 unspecified atom stereocenters. The zero-order valence-electron chi connectivity index (χ0n) is 12.7. The highest BCUT2D eigenvalue weighted by Crippen LogP contribution is 2.15. The Morgan fingerprint density at radius 3 is 2.86 bits per heavy atom. The van der Waals surface area contributed by atoms with Gasteiger partial charge >= 0.3 is 0 Å². The lowest BCUT2D eigenvalue weighted by atomic mass is 10.0. The van der Waals surface area contributed by atoms with Crippen molar-refractivity contribution in [2.75, 3.05) is 13.1 Å². The number of nitrogens with one attached hydrogen (secondary N) is 1. The Labute approximate surface area is 126 Å². The number of hydrogen-bond acceptors (Lipinski definition) is 4. The average molecular weight is 285 g/mol. The smallest absolute Gasteiger partial charge is 0.150 e. The van der Waals surface area contributed by atoms with E-state index >= 15 is 0 Å². The summed E-state index contributed by atoms with van der Waals surface area (Å²) < 4.78 is 5.36.